The Balaban J connectivity index is 1.43. The zero-order valence-corrected chi connectivity index (χ0v) is 17.6. The first kappa shape index (κ1) is 21.0. The van der Waals surface area contributed by atoms with Gasteiger partial charge in [0.2, 0.25) is 5.91 Å². The summed E-state index contributed by atoms with van der Waals surface area (Å²) in [5.41, 5.74) is -0.279. The van der Waals surface area contributed by atoms with Crippen molar-refractivity contribution in [3.8, 4) is 0 Å². The van der Waals surface area contributed by atoms with E-state index in [1.54, 1.807) is 39.0 Å². The lowest BCUT2D eigenvalue weighted by Crippen LogP contribution is -2.60. The zero-order chi connectivity index (χ0) is 22.0. The van der Waals surface area contributed by atoms with Gasteiger partial charge in [0.15, 0.2) is 0 Å². The molecule has 0 spiro atoms. The molecular weight excluding hydrogens is 397 g/mol. The molecule has 31 heavy (non-hydrogen) atoms. The fourth-order valence-corrected chi connectivity index (χ4v) is 4.51. The molecule has 1 unspecified atom stereocenters. The van der Waals surface area contributed by atoms with Gasteiger partial charge in [0.1, 0.15) is 11.4 Å². The second-order valence-electron chi connectivity index (χ2n) is 8.26. The maximum Gasteiger partial charge on any atom is 0.256 e. The summed E-state index contributed by atoms with van der Waals surface area (Å²) in [4.78, 5) is 44.1. The maximum atomic E-state index is 14.0. The Bertz CT molecular complexity index is 989. The van der Waals surface area contributed by atoms with Gasteiger partial charge in [-0.3, -0.25) is 14.4 Å². The van der Waals surface area contributed by atoms with Gasteiger partial charge in [-0.1, -0.05) is 30.3 Å². The third-order valence-electron chi connectivity index (χ3n) is 6.33. The highest BCUT2D eigenvalue weighted by Crippen LogP contribution is 2.33. The van der Waals surface area contributed by atoms with Crippen molar-refractivity contribution < 1.29 is 18.8 Å². The van der Waals surface area contributed by atoms with Crippen LogP contribution in [0.5, 0.6) is 0 Å². The summed E-state index contributed by atoms with van der Waals surface area (Å²) >= 11 is 0. The minimum atomic E-state index is -0.898. The van der Waals surface area contributed by atoms with E-state index in [1.807, 2.05) is 25.1 Å². The first-order valence-corrected chi connectivity index (χ1v) is 10.6. The monoisotopic (exact) mass is 423 g/mol. The van der Waals surface area contributed by atoms with E-state index in [0.717, 1.165) is 6.42 Å². The van der Waals surface area contributed by atoms with Gasteiger partial charge >= 0.3 is 0 Å². The van der Waals surface area contributed by atoms with E-state index in [4.69, 9.17) is 0 Å². The van der Waals surface area contributed by atoms with Crippen LogP contribution in [-0.2, 0) is 4.79 Å². The minimum Gasteiger partial charge on any atom is -0.337 e. The highest BCUT2D eigenvalue weighted by Gasteiger charge is 2.48. The molecule has 0 radical (unpaired) electrons. The molecule has 0 aromatic heterocycles. The van der Waals surface area contributed by atoms with Crippen LogP contribution in [0.2, 0.25) is 0 Å². The van der Waals surface area contributed by atoms with Crippen LogP contribution in [0, 0.1) is 5.82 Å². The molecule has 1 atom stereocenters. The number of likely N-dealkylation sites (tertiary alicyclic amines) is 1. The van der Waals surface area contributed by atoms with Crippen LogP contribution in [0.1, 0.15) is 40.5 Å². The standard InChI is InChI=1S/C24H26FN3O3/c1-24(12-7-13-28(24)21(29)18-8-3-2-4-9-18)23(31)27-16-14-26(15-17-27)22(30)19-10-5-6-11-20(19)25/h2-6,8-11H,7,12-17H2,1H3. The molecule has 6 nitrogen and oxygen atoms in total. The smallest absolute Gasteiger partial charge is 0.256 e. The summed E-state index contributed by atoms with van der Waals surface area (Å²) in [6, 6.07) is 14.9. The number of halogens is 1. The lowest BCUT2D eigenvalue weighted by atomic mass is 9.95. The molecule has 0 bridgehead atoms. The van der Waals surface area contributed by atoms with Gasteiger partial charge in [-0.05, 0) is 44.0 Å². The number of amides is 3. The van der Waals surface area contributed by atoms with Gasteiger partial charge in [-0.25, -0.2) is 4.39 Å². The fraction of sp³-hybridized carbons (Fsp3) is 0.375. The number of carbonyl (C=O) groups is 3. The maximum absolute atomic E-state index is 14.0. The third-order valence-corrected chi connectivity index (χ3v) is 6.33. The summed E-state index contributed by atoms with van der Waals surface area (Å²) in [5, 5.41) is 0. The molecule has 2 aliphatic heterocycles. The molecule has 0 N–H and O–H groups in total. The summed E-state index contributed by atoms with van der Waals surface area (Å²) < 4.78 is 14.0. The summed E-state index contributed by atoms with van der Waals surface area (Å²) in [6.07, 6.45) is 1.38. The van der Waals surface area contributed by atoms with Crippen LogP contribution >= 0.6 is 0 Å². The van der Waals surface area contributed by atoms with Crippen LogP contribution in [-0.4, -0.2) is 70.7 Å². The second-order valence-corrected chi connectivity index (χ2v) is 8.26. The molecule has 3 amide bonds. The van der Waals surface area contributed by atoms with Crippen LogP contribution in [0.25, 0.3) is 0 Å². The molecule has 0 aliphatic carbocycles. The molecule has 2 saturated heterocycles. The van der Waals surface area contributed by atoms with Crippen LogP contribution < -0.4 is 0 Å². The summed E-state index contributed by atoms with van der Waals surface area (Å²) in [7, 11) is 0. The Morgan fingerprint density at radius 1 is 0.806 bits per heavy atom. The van der Waals surface area contributed by atoms with E-state index in [-0.39, 0.29) is 23.3 Å². The fourth-order valence-electron chi connectivity index (χ4n) is 4.51. The Morgan fingerprint density at radius 2 is 1.42 bits per heavy atom. The molecule has 2 aromatic rings. The van der Waals surface area contributed by atoms with Crippen molar-refractivity contribution in [2.24, 2.45) is 0 Å². The van der Waals surface area contributed by atoms with Crippen molar-refractivity contribution in [1.82, 2.24) is 14.7 Å². The highest BCUT2D eigenvalue weighted by atomic mass is 19.1. The number of carbonyl (C=O) groups excluding carboxylic acids is 3. The van der Waals surface area contributed by atoms with E-state index in [0.29, 0.717) is 44.7 Å². The molecule has 4 rings (SSSR count). The van der Waals surface area contributed by atoms with Gasteiger partial charge < -0.3 is 14.7 Å². The van der Waals surface area contributed by atoms with Crippen molar-refractivity contribution >= 4 is 17.7 Å². The number of rotatable bonds is 3. The second kappa shape index (κ2) is 8.49. The largest absolute Gasteiger partial charge is 0.337 e. The zero-order valence-electron chi connectivity index (χ0n) is 17.6. The van der Waals surface area contributed by atoms with Gasteiger partial charge in [0.05, 0.1) is 5.56 Å². The average molecular weight is 423 g/mol. The minimum absolute atomic E-state index is 0.0460. The van der Waals surface area contributed by atoms with Gasteiger partial charge in [0.25, 0.3) is 11.8 Å². The van der Waals surface area contributed by atoms with Gasteiger partial charge in [-0.2, -0.15) is 0 Å². The topological polar surface area (TPSA) is 60.9 Å². The molecule has 2 heterocycles. The molecule has 7 heteroatoms. The van der Waals surface area contributed by atoms with Crippen molar-refractivity contribution in [3.63, 3.8) is 0 Å². The predicted molar refractivity (Wildman–Crippen MR) is 114 cm³/mol. The molecule has 162 valence electrons. The predicted octanol–water partition coefficient (Wildman–Crippen LogP) is 2.81. The highest BCUT2D eigenvalue weighted by molar-refractivity contribution is 5.99. The molecule has 2 aromatic carbocycles. The molecule has 0 saturated carbocycles. The summed E-state index contributed by atoms with van der Waals surface area (Å²) in [5.74, 6) is -1.13. The molecular formula is C24H26FN3O3. The Morgan fingerprint density at radius 3 is 2.10 bits per heavy atom. The number of hydrogen-bond donors (Lipinski definition) is 0. The van der Waals surface area contributed by atoms with E-state index in [1.165, 1.54) is 12.1 Å². The van der Waals surface area contributed by atoms with Gasteiger partial charge in [0, 0.05) is 38.3 Å². The lowest BCUT2D eigenvalue weighted by Gasteiger charge is -2.41. The quantitative estimate of drug-likeness (QED) is 0.763. The Kier molecular flexibility index (Phi) is 5.76. The lowest BCUT2D eigenvalue weighted by molar-refractivity contribution is -0.142. The van der Waals surface area contributed by atoms with Gasteiger partial charge in [-0.15, -0.1) is 0 Å². The van der Waals surface area contributed by atoms with Crippen molar-refractivity contribution in [3.05, 3.63) is 71.5 Å². The summed E-state index contributed by atoms with van der Waals surface area (Å²) in [6.45, 7) is 3.77. The SMILES string of the molecule is CC1(C(=O)N2CCN(C(=O)c3ccccc3F)CC2)CCCN1C(=O)c1ccccc1. The van der Waals surface area contributed by atoms with E-state index >= 15 is 0 Å². The molecule has 2 aliphatic rings. The Hall–Kier alpha value is -3.22. The van der Waals surface area contributed by atoms with Crippen molar-refractivity contribution in [1.29, 1.82) is 0 Å². The van der Waals surface area contributed by atoms with E-state index < -0.39 is 11.4 Å². The number of benzene rings is 2. The normalized spacial score (nSPS) is 21.3. The van der Waals surface area contributed by atoms with Crippen LogP contribution in [0.4, 0.5) is 4.39 Å². The van der Waals surface area contributed by atoms with E-state index in [9.17, 15) is 18.8 Å². The van der Waals surface area contributed by atoms with Crippen LogP contribution in [0.3, 0.4) is 0 Å². The van der Waals surface area contributed by atoms with Crippen molar-refractivity contribution in [2.75, 3.05) is 32.7 Å². The van der Waals surface area contributed by atoms with Crippen LogP contribution in [0.15, 0.2) is 54.6 Å². The number of nitrogens with zero attached hydrogens (tertiary/aromatic N) is 3. The first-order valence-electron chi connectivity index (χ1n) is 10.6. The number of hydrogen-bond acceptors (Lipinski definition) is 3. The Labute approximate surface area is 181 Å². The first-order chi connectivity index (χ1) is 14.9. The third kappa shape index (κ3) is 3.92. The molecule has 2 fully saturated rings. The van der Waals surface area contributed by atoms with E-state index in [2.05, 4.69) is 0 Å². The number of piperazine rings is 1. The van der Waals surface area contributed by atoms with Crippen molar-refractivity contribution in [2.45, 2.75) is 25.3 Å². The average Bonchev–Trinajstić information content (AvgIpc) is 3.21.